The molecule has 4 nitrogen and oxygen atoms in total. The number of nitrogens with one attached hydrogen (secondary N) is 1. The minimum absolute atomic E-state index is 0.299. The quantitative estimate of drug-likeness (QED) is 0.864. The predicted molar refractivity (Wildman–Crippen MR) is 76.9 cm³/mol. The Morgan fingerprint density at radius 2 is 1.95 bits per heavy atom. The molecule has 1 aromatic carbocycles. The smallest absolute Gasteiger partial charge is 0.0845 e. The summed E-state index contributed by atoms with van der Waals surface area (Å²) in [5.41, 5.74) is 3.70. The molecule has 1 atom stereocenters. The lowest BCUT2D eigenvalue weighted by Gasteiger charge is -2.17. The van der Waals surface area contributed by atoms with E-state index in [0.29, 0.717) is 6.04 Å². The van der Waals surface area contributed by atoms with E-state index in [2.05, 4.69) is 53.7 Å². The second-order valence-electron chi connectivity index (χ2n) is 4.79. The fraction of sp³-hybridized carbons (Fsp3) is 0.467. The van der Waals surface area contributed by atoms with E-state index in [4.69, 9.17) is 0 Å². The maximum atomic E-state index is 4.17. The van der Waals surface area contributed by atoms with Gasteiger partial charge in [0.05, 0.1) is 5.69 Å². The summed E-state index contributed by atoms with van der Waals surface area (Å²) in [6.07, 6.45) is 3.92. The Balaban J connectivity index is 2.13. The van der Waals surface area contributed by atoms with Crippen molar-refractivity contribution in [3.63, 3.8) is 0 Å². The van der Waals surface area contributed by atoms with Gasteiger partial charge in [0.2, 0.25) is 0 Å². The number of likely N-dealkylation sites (N-methyl/N-ethyl adjacent to an activating group) is 1. The Bertz CT molecular complexity index is 501. The SMILES string of the molecule is CCNC(Cc1cn(C)nn1)c1ccc(CC)cc1. The van der Waals surface area contributed by atoms with Crippen LogP contribution in [0.15, 0.2) is 30.5 Å². The summed E-state index contributed by atoms with van der Waals surface area (Å²) in [7, 11) is 1.90. The lowest BCUT2D eigenvalue weighted by Crippen LogP contribution is -2.23. The summed E-state index contributed by atoms with van der Waals surface area (Å²) < 4.78 is 1.75. The molecule has 2 rings (SSSR count). The molecule has 0 saturated carbocycles. The number of nitrogens with zero attached hydrogens (tertiary/aromatic N) is 3. The molecule has 19 heavy (non-hydrogen) atoms. The zero-order chi connectivity index (χ0) is 13.7. The predicted octanol–water partition coefficient (Wildman–Crippen LogP) is 2.27. The van der Waals surface area contributed by atoms with Gasteiger partial charge in [-0.15, -0.1) is 5.10 Å². The van der Waals surface area contributed by atoms with Gasteiger partial charge in [0.15, 0.2) is 0 Å². The third-order valence-electron chi connectivity index (χ3n) is 3.30. The molecule has 0 aliphatic heterocycles. The number of hydrogen-bond acceptors (Lipinski definition) is 3. The molecule has 1 N–H and O–H groups in total. The number of benzene rings is 1. The molecule has 0 fully saturated rings. The maximum absolute atomic E-state index is 4.17. The molecule has 102 valence electrons. The first kappa shape index (κ1) is 13.7. The standard InChI is InChI=1S/C15H22N4/c1-4-12-6-8-13(9-7-12)15(16-5-2)10-14-11-19(3)18-17-14/h6-9,11,15-16H,4-5,10H2,1-3H3. The zero-order valence-electron chi connectivity index (χ0n) is 11.9. The highest BCUT2D eigenvalue weighted by Crippen LogP contribution is 2.18. The number of aromatic nitrogens is 3. The van der Waals surface area contributed by atoms with E-state index >= 15 is 0 Å². The average molecular weight is 258 g/mol. The molecule has 0 spiro atoms. The molecule has 1 heterocycles. The molecule has 0 aliphatic rings. The third kappa shape index (κ3) is 3.64. The van der Waals surface area contributed by atoms with Crippen LogP contribution in [-0.4, -0.2) is 21.5 Å². The van der Waals surface area contributed by atoms with Crippen molar-refractivity contribution in [3.8, 4) is 0 Å². The minimum atomic E-state index is 0.299. The summed E-state index contributed by atoms with van der Waals surface area (Å²) in [6.45, 7) is 5.25. The second kappa shape index (κ2) is 6.48. The number of aryl methyl sites for hydroxylation is 2. The normalized spacial score (nSPS) is 12.6. The maximum Gasteiger partial charge on any atom is 0.0845 e. The minimum Gasteiger partial charge on any atom is -0.310 e. The summed E-state index contributed by atoms with van der Waals surface area (Å²) in [4.78, 5) is 0. The highest BCUT2D eigenvalue weighted by Gasteiger charge is 2.13. The lowest BCUT2D eigenvalue weighted by molar-refractivity contribution is 0.543. The molecule has 0 radical (unpaired) electrons. The molecule has 0 amide bonds. The van der Waals surface area contributed by atoms with Crippen LogP contribution in [0.4, 0.5) is 0 Å². The van der Waals surface area contributed by atoms with Gasteiger partial charge >= 0.3 is 0 Å². The van der Waals surface area contributed by atoms with Gasteiger partial charge in [0.25, 0.3) is 0 Å². The summed E-state index contributed by atoms with van der Waals surface area (Å²) >= 11 is 0. The number of rotatable bonds is 6. The van der Waals surface area contributed by atoms with Crippen LogP contribution < -0.4 is 5.32 Å². The van der Waals surface area contributed by atoms with Gasteiger partial charge in [-0.1, -0.05) is 43.3 Å². The summed E-state index contributed by atoms with van der Waals surface area (Å²) in [5, 5.41) is 11.7. The molecule has 0 aliphatic carbocycles. The van der Waals surface area contributed by atoms with E-state index in [9.17, 15) is 0 Å². The Labute approximate surface area is 114 Å². The Hall–Kier alpha value is -1.68. The molecule has 0 bridgehead atoms. The molecule has 4 heteroatoms. The van der Waals surface area contributed by atoms with E-state index in [1.807, 2.05) is 13.2 Å². The van der Waals surface area contributed by atoms with E-state index in [1.165, 1.54) is 11.1 Å². The molecule has 2 aromatic rings. The van der Waals surface area contributed by atoms with Gasteiger partial charge < -0.3 is 5.32 Å². The van der Waals surface area contributed by atoms with E-state index in [-0.39, 0.29) is 0 Å². The first-order valence-corrected chi connectivity index (χ1v) is 6.90. The topological polar surface area (TPSA) is 42.7 Å². The van der Waals surface area contributed by atoms with Crippen molar-refractivity contribution in [1.29, 1.82) is 0 Å². The van der Waals surface area contributed by atoms with Gasteiger partial charge in [0, 0.05) is 25.7 Å². The van der Waals surface area contributed by atoms with Crippen LogP contribution in [-0.2, 0) is 19.9 Å². The van der Waals surface area contributed by atoms with Crippen molar-refractivity contribution in [1.82, 2.24) is 20.3 Å². The van der Waals surface area contributed by atoms with Crippen molar-refractivity contribution in [2.24, 2.45) is 7.05 Å². The largest absolute Gasteiger partial charge is 0.310 e. The van der Waals surface area contributed by atoms with Gasteiger partial charge in [0.1, 0.15) is 0 Å². The van der Waals surface area contributed by atoms with E-state index < -0.39 is 0 Å². The first-order valence-electron chi connectivity index (χ1n) is 6.90. The summed E-state index contributed by atoms with van der Waals surface area (Å²) in [6, 6.07) is 9.13. The monoisotopic (exact) mass is 258 g/mol. The van der Waals surface area contributed by atoms with Crippen LogP contribution in [0.1, 0.15) is 36.7 Å². The highest BCUT2D eigenvalue weighted by molar-refractivity contribution is 5.26. The van der Waals surface area contributed by atoms with E-state index in [0.717, 1.165) is 25.1 Å². The second-order valence-corrected chi connectivity index (χ2v) is 4.79. The fourth-order valence-electron chi connectivity index (χ4n) is 2.24. The molecule has 0 saturated heterocycles. The van der Waals surface area contributed by atoms with Crippen LogP contribution in [0.2, 0.25) is 0 Å². The third-order valence-corrected chi connectivity index (χ3v) is 3.30. The van der Waals surface area contributed by atoms with Gasteiger partial charge in [-0.3, -0.25) is 4.68 Å². The van der Waals surface area contributed by atoms with Crippen molar-refractivity contribution in [2.45, 2.75) is 32.7 Å². The fourth-order valence-corrected chi connectivity index (χ4v) is 2.24. The van der Waals surface area contributed by atoms with Crippen LogP contribution in [0.3, 0.4) is 0 Å². The number of hydrogen-bond donors (Lipinski definition) is 1. The first-order chi connectivity index (χ1) is 9.22. The van der Waals surface area contributed by atoms with Crippen LogP contribution in [0.25, 0.3) is 0 Å². The zero-order valence-corrected chi connectivity index (χ0v) is 11.9. The van der Waals surface area contributed by atoms with Gasteiger partial charge in [-0.05, 0) is 24.1 Å². The molecule has 1 unspecified atom stereocenters. The lowest BCUT2D eigenvalue weighted by atomic mass is 10.00. The van der Waals surface area contributed by atoms with Crippen LogP contribution in [0, 0.1) is 0 Å². The van der Waals surface area contributed by atoms with Crippen LogP contribution in [0.5, 0.6) is 0 Å². The van der Waals surface area contributed by atoms with Crippen molar-refractivity contribution in [3.05, 3.63) is 47.3 Å². The average Bonchev–Trinajstić information content (AvgIpc) is 2.84. The van der Waals surface area contributed by atoms with Crippen molar-refractivity contribution < 1.29 is 0 Å². The highest BCUT2D eigenvalue weighted by atomic mass is 15.4. The van der Waals surface area contributed by atoms with Gasteiger partial charge in [-0.2, -0.15) is 0 Å². The summed E-state index contributed by atoms with van der Waals surface area (Å²) in [5.74, 6) is 0. The Kier molecular flexibility index (Phi) is 4.68. The van der Waals surface area contributed by atoms with Gasteiger partial charge in [-0.25, -0.2) is 0 Å². The molecule has 1 aromatic heterocycles. The van der Waals surface area contributed by atoms with E-state index in [1.54, 1.807) is 4.68 Å². The molecular formula is C15H22N4. The van der Waals surface area contributed by atoms with Crippen molar-refractivity contribution in [2.75, 3.05) is 6.54 Å². The Morgan fingerprint density at radius 1 is 1.21 bits per heavy atom. The van der Waals surface area contributed by atoms with Crippen LogP contribution >= 0.6 is 0 Å². The van der Waals surface area contributed by atoms with Crippen molar-refractivity contribution >= 4 is 0 Å². The molecular weight excluding hydrogens is 236 g/mol. The Morgan fingerprint density at radius 3 is 2.47 bits per heavy atom.